The molecule has 0 aliphatic carbocycles. The molecule has 0 rings (SSSR count). The van der Waals surface area contributed by atoms with Crippen molar-refractivity contribution in [1.82, 2.24) is 6.15 Å². The second kappa shape index (κ2) is 16.4. The molecule has 5 heteroatoms. The first-order chi connectivity index (χ1) is 10.1. The standard InChI is InChI=1S/C17H33NO3.H3N/c1-3-5-7-9-10-11-12-14-16(18(20)21)17(19)15-13-8-6-4-2;/h16H,3-15H2,1-2H3;1H3/p+1. The minimum atomic E-state index is -0.956. The fraction of sp³-hybridized carbons (Fsp3) is 0.941. The monoisotopic (exact) mass is 317 g/mol. The fourth-order valence-electron chi connectivity index (χ4n) is 2.57. The maximum atomic E-state index is 11.9. The van der Waals surface area contributed by atoms with Crippen LogP contribution < -0.4 is 6.15 Å². The molecule has 22 heavy (non-hydrogen) atoms. The predicted molar refractivity (Wildman–Crippen MR) is 93.1 cm³/mol. The summed E-state index contributed by atoms with van der Waals surface area (Å²) in [5.41, 5.74) is 0. The summed E-state index contributed by atoms with van der Waals surface area (Å²) < 4.78 is 0. The van der Waals surface area contributed by atoms with E-state index in [4.69, 9.17) is 0 Å². The lowest BCUT2D eigenvalue weighted by molar-refractivity contribution is -0.508. The van der Waals surface area contributed by atoms with Crippen molar-refractivity contribution in [2.75, 3.05) is 0 Å². The molecule has 0 aromatic carbocycles. The number of quaternary nitrogens is 1. The lowest BCUT2D eigenvalue weighted by atomic mass is 9.99. The van der Waals surface area contributed by atoms with Crippen molar-refractivity contribution in [2.45, 2.75) is 103 Å². The van der Waals surface area contributed by atoms with Gasteiger partial charge in [-0.1, -0.05) is 71.6 Å². The molecule has 0 bridgehead atoms. The van der Waals surface area contributed by atoms with Crippen molar-refractivity contribution in [2.24, 2.45) is 0 Å². The van der Waals surface area contributed by atoms with E-state index in [0.29, 0.717) is 12.8 Å². The zero-order chi connectivity index (χ0) is 15.9. The predicted octanol–water partition coefficient (Wildman–Crippen LogP) is 5.69. The summed E-state index contributed by atoms with van der Waals surface area (Å²) in [5, 5.41) is 11.0. The Morgan fingerprint density at radius 1 is 0.864 bits per heavy atom. The van der Waals surface area contributed by atoms with E-state index in [0.717, 1.165) is 44.9 Å². The second-order valence-electron chi connectivity index (χ2n) is 5.99. The van der Waals surface area contributed by atoms with E-state index in [1.165, 1.54) is 25.7 Å². The van der Waals surface area contributed by atoms with E-state index in [2.05, 4.69) is 13.8 Å². The van der Waals surface area contributed by atoms with Crippen LogP contribution in [0.1, 0.15) is 97.3 Å². The van der Waals surface area contributed by atoms with Crippen molar-refractivity contribution in [3.8, 4) is 0 Å². The minimum absolute atomic E-state index is 0. The Labute approximate surface area is 136 Å². The molecule has 0 aliphatic rings. The highest BCUT2D eigenvalue weighted by Crippen LogP contribution is 2.14. The van der Waals surface area contributed by atoms with Crippen LogP contribution in [0.2, 0.25) is 0 Å². The number of nitro groups is 1. The van der Waals surface area contributed by atoms with Gasteiger partial charge in [-0.3, -0.25) is 14.9 Å². The van der Waals surface area contributed by atoms with Crippen LogP contribution in [0.5, 0.6) is 0 Å². The molecule has 0 saturated carbocycles. The smallest absolute Gasteiger partial charge is 0.270 e. The third-order valence-electron chi connectivity index (χ3n) is 3.98. The Hall–Kier alpha value is -0.970. The zero-order valence-corrected chi connectivity index (χ0v) is 14.9. The normalized spacial score (nSPS) is 11.7. The van der Waals surface area contributed by atoms with Crippen LogP contribution in [0, 0.1) is 10.1 Å². The Morgan fingerprint density at radius 2 is 1.32 bits per heavy atom. The van der Waals surface area contributed by atoms with Gasteiger partial charge >= 0.3 is 0 Å². The number of carbonyl (C=O) groups is 1. The van der Waals surface area contributed by atoms with Crippen molar-refractivity contribution >= 4 is 5.78 Å². The molecule has 0 amide bonds. The quantitative estimate of drug-likeness (QED) is 0.239. The molecule has 132 valence electrons. The van der Waals surface area contributed by atoms with Gasteiger partial charge in [0.2, 0.25) is 5.78 Å². The average molecular weight is 317 g/mol. The number of hydrogen-bond acceptors (Lipinski definition) is 3. The Morgan fingerprint density at radius 3 is 1.82 bits per heavy atom. The van der Waals surface area contributed by atoms with Crippen LogP contribution in [0.3, 0.4) is 0 Å². The number of carbonyl (C=O) groups excluding carboxylic acids is 1. The summed E-state index contributed by atoms with van der Waals surface area (Å²) in [5.74, 6) is -0.165. The van der Waals surface area contributed by atoms with E-state index in [-0.39, 0.29) is 16.9 Å². The van der Waals surface area contributed by atoms with Crippen LogP contribution in [-0.2, 0) is 4.79 Å². The molecule has 4 N–H and O–H groups in total. The molecule has 0 heterocycles. The average Bonchev–Trinajstić information content (AvgIpc) is 2.46. The summed E-state index contributed by atoms with van der Waals surface area (Å²) in [6.45, 7) is 4.30. The SMILES string of the molecule is CCCCCCCCCC(C(=O)CCCCCC)[N+](=O)[O-].[NH4+]. The van der Waals surface area contributed by atoms with E-state index in [9.17, 15) is 14.9 Å². The Balaban J connectivity index is 0. The summed E-state index contributed by atoms with van der Waals surface area (Å²) in [4.78, 5) is 22.6. The third kappa shape index (κ3) is 12.7. The van der Waals surface area contributed by atoms with Gasteiger partial charge in [0, 0.05) is 17.8 Å². The van der Waals surface area contributed by atoms with E-state index in [1.807, 2.05) is 0 Å². The number of rotatable bonds is 15. The summed E-state index contributed by atoms with van der Waals surface area (Å²) in [6, 6.07) is -0.956. The summed E-state index contributed by atoms with van der Waals surface area (Å²) >= 11 is 0. The molecule has 0 spiro atoms. The Bertz CT molecular complexity index is 283. The highest BCUT2D eigenvalue weighted by atomic mass is 16.6. The maximum absolute atomic E-state index is 11.9. The molecule has 0 aromatic heterocycles. The van der Waals surface area contributed by atoms with Gasteiger partial charge in [0.05, 0.1) is 0 Å². The number of hydrogen-bond donors (Lipinski definition) is 1. The number of ketones is 1. The molecular weight excluding hydrogens is 280 g/mol. The lowest BCUT2D eigenvalue weighted by Crippen LogP contribution is -2.29. The first kappa shape index (κ1) is 23.3. The first-order valence-electron chi connectivity index (χ1n) is 8.79. The highest BCUT2D eigenvalue weighted by Gasteiger charge is 2.27. The molecule has 1 unspecified atom stereocenters. The van der Waals surface area contributed by atoms with Crippen LogP contribution in [0.4, 0.5) is 0 Å². The van der Waals surface area contributed by atoms with E-state index in [1.54, 1.807) is 0 Å². The number of Topliss-reactive ketones (excluding diaryl/α,β-unsaturated/α-hetero) is 1. The maximum Gasteiger partial charge on any atom is 0.270 e. The molecule has 0 fully saturated rings. The number of nitrogens with zero attached hydrogens (tertiary/aromatic N) is 1. The molecule has 0 aliphatic heterocycles. The van der Waals surface area contributed by atoms with Gasteiger partial charge in [0.15, 0.2) is 0 Å². The lowest BCUT2D eigenvalue weighted by Gasteiger charge is -2.08. The van der Waals surface area contributed by atoms with E-state index < -0.39 is 6.04 Å². The van der Waals surface area contributed by atoms with Gasteiger partial charge in [0.1, 0.15) is 0 Å². The molecule has 0 saturated heterocycles. The van der Waals surface area contributed by atoms with Crippen LogP contribution in [-0.4, -0.2) is 16.7 Å². The molecule has 5 nitrogen and oxygen atoms in total. The van der Waals surface area contributed by atoms with Gasteiger partial charge in [-0.15, -0.1) is 0 Å². The minimum Gasteiger partial charge on any atom is -0.369 e. The summed E-state index contributed by atoms with van der Waals surface area (Å²) in [7, 11) is 0. The van der Waals surface area contributed by atoms with Crippen molar-refractivity contribution < 1.29 is 9.72 Å². The van der Waals surface area contributed by atoms with Gasteiger partial charge in [-0.05, 0) is 12.8 Å². The van der Waals surface area contributed by atoms with Gasteiger partial charge in [-0.25, -0.2) is 0 Å². The van der Waals surface area contributed by atoms with Crippen molar-refractivity contribution in [1.29, 1.82) is 0 Å². The van der Waals surface area contributed by atoms with Crippen LogP contribution in [0.15, 0.2) is 0 Å². The van der Waals surface area contributed by atoms with E-state index >= 15 is 0 Å². The first-order valence-corrected chi connectivity index (χ1v) is 8.79. The second-order valence-corrected chi connectivity index (χ2v) is 5.99. The zero-order valence-electron chi connectivity index (χ0n) is 14.9. The largest absolute Gasteiger partial charge is 0.369 e. The fourth-order valence-corrected chi connectivity index (χ4v) is 2.57. The molecule has 0 aromatic rings. The number of unbranched alkanes of at least 4 members (excludes halogenated alkanes) is 9. The summed E-state index contributed by atoms with van der Waals surface area (Å²) in [6.07, 6.45) is 12.7. The van der Waals surface area contributed by atoms with Crippen molar-refractivity contribution in [3.63, 3.8) is 0 Å². The topological polar surface area (TPSA) is 96.7 Å². The molecule has 0 radical (unpaired) electrons. The van der Waals surface area contributed by atoms with Crippen LogP contribution in [0.25, 0.3) is 0 Å². The van der Waals surface area contributed by atoms with Crippen LogP contribution >= 0.6 is 0 Å². The van der Waals surface area contributed by atoms with Crippen molar-refractivity contribution in [3.05, 3.63) is 10.1 Å². The Kier molecular flexibility index (Phi) is 17.4. The van der Waals surface area contributed by atoms with Gasteiger partial charge in [-0.2, -0.15) is 0 Å². The molecular formula is C17H37N2O3+. The van der Waals surface area contributed by atoms with Gasteiger partial charge < -0.3 is 6.15 Å². The molecule has 1 atom stereocenters. The highest BCUT2D eigenvalue weighted by molar-refractivity contribution is 5.82. The van der Waals surface area contributed by atoms with Gasteiger partial charge in [0.25, 0.3) is 6.04 Å². The third-order valence-corrected chi connectivity index (χ3v) is 3.98.